The molecule has 0 aliphatic heterocycles. The number of rotatable bonds is 12. The molecule has 6 heterocycles. The molecule has 16 aromatic carbocycles. The van der Waals surface area contributed by atoms with Gasteiger partial charge in [0.25, 0.3) is 0 Å². The van der Waals surface area contributed by atoms with Crippen LogP contribution in [0.15, 0.2) is 373 Å². The van der Waals surface area contributed by atoms with Gasteiger partial charge in [0.15, 0.2) is 0 Å². The smallest absolute Gasteiger partial charge is 0.135 e. The lowest BCUT2D eigenvalue weighted by molar-refractivity contribution is 0.668. The van der Waals surface area contributed by atoms with Crippen LogP contribution < -0.4 is 19.6 Å². The molecule has 0 aliphatic carbocycles. The molecule has 10 heteroatoms. The molecule has 0 fully saturated rings. The summed E-state index contributed by atoms with van der Waals surface area (Å²) < 4.78 is 22.7. The summed E-state index contributed by atoms with van der Waals surface area (Å²) in [6.07, 6.45) is 0. The van der Waals surface area contributed by atoms with Crippen molar-refractivity contribution in [2.24, 2.45) is 0 Å². The molecule has 0 atom stereocenters. The molecule has 0 unspecified atom stereocenters. The van der Waals surface area contributed by atoms with Gasteiger partial charge < -0.3 is 28.4 Å². The zero-order chi connectivity index (χ0) is 69.8. The second-order valence-corrected chi connectivity index (χ2v) is 31.1. The molecule has 6 nitrogen and oxygen atoms in total. The van der Waals surface area contributed by atoms with Crippen LogP contribution in [0.2, 0.25) is 0 Å². The van der Waals surface area contributed by atoms with Crippen LogP contribution in [-0.2, 0) is 0 Å². The normalized spacial score (nSPS) is 11.8. The van der Waals surface area contributed by atoms with Crippen molar-refractivity contribution in [2.45, 2.75) is 0 Å². The average Bonchev–Trinajstić information content (AvgIpc) is 1.57. The third-order valence-electron chi connectivity index (χ3n) is 20.4. The Morgan fingerprint density at radius 1 is 0.142 bits per heavy atom. The number of para-hydroxylation sites is 6. The number of furan rings is 2. The van der Waals surface area contributed by atoms with Crippen molar-refractivity contribution in [2.75, 3.05) is 19.6 Å². The van der Waals surface area contributed by atoms with Gasteiger partial charge in [0.1, 0.15) is 22.3 Å². The van der Waals surface area contributed by atoms with E-state index in [-0.39, 0.29) is 0 Å². The van der Waals surface area contributed by atoms with Crippen LogP contribution in [0.1, 0.15) is 0 Å². The Hall–Kier alpha value is -12.8. The summed E-state index contributed by atoms with van der Waals surface area (Å²) in [4.78, 5) is 9.46. The van der Waals surface area contributed by atoms with Crippen LogP contribution in [0.25, 0.3) is 125 Å². The summed E-state index contributed by atoms with van der Waals surface area (Å²) in [5.41, 5.74) is 17.0. The first-order chi connectivity index (χ1) is 52.5. The molecule has 0 N–H and O–H groups in total. The molecule has 106 heavy (non-hydrogen) atoms. The Morgan fingerprint density at radius 2 is 0.368 bits per heavy atom. The molecule has 6 aromatic heterocycles. The van der Waals surface area contributed by atoms with Gasteiger partial charge in [-0.05, 0) is 200 Å². The third-order valence-corrected chi connectivity index (χ3v) is 25.0. The van der Waals surface area contributed by atoms with E-state index in [1.807, 2.05) is 69.6 Å². The minimum absolute atomic E-state index is 0.889. The quantitative estimate of drug-likeness (QED) is 0.121. The molecule has 0 bridgehead atoms. The lowest BCUT2D eigenvalue weighted by Crippen LogP contribution is -2.09. The lowest BCUT2D eigenvalue weighted by atomic mass is 10.1. The summed E-state index contributed by atoms with van der Waals surface area (Å²) in [5.74, 6) is 0. The highest BCUT2D eigenvalue weighted by Gasteiger charge is 2.23. The van der Waals surface area contributed by atoms with E-state index in [4.69, 9.17) is 8.83 Å². The highest BCUT2D eigenvalue weighted by molar-refractivity contribution is 7.27. The van der Waals surface area contributed by atoms with Gasteiger partial charge in [0, 0.05) is 170 Å². The summed E-state index contributed by atoms with van der Waals surface area (Å²) in [7, 11) is 0. The number of benzene rings is 16. The van der Waals surface area contributed by atoms with Gasteiger partial charge in [-0.3, -0.25) is 0 Å². The van der Waals surface area contributed by atoms with Crippen LogP contribution >= 0.6 is 45.3 Å². The van der Waals surface area contributed by atoms with Gasteiger partial charge in [-0.2, -0.15) is 0 Å². The van der Waals surface area contributed by atoms with Crippen LogP contribution in [0.4, 0.5) is 68.2 Å². The minimum Gasteiger partial charge on any atom is -0.456 e. The number of anilines is 12. The molecule has 0 saturated carbocycles. The van der Waals surface area contributed by atoms with E-state index < -0.39 is 0 Å². The Balaban J connectivity index is 0.000000136. The molecule has 22 rings (SSSR count). The zero-order valence-corrected chi connectivity index (χ0v) is 60.1. The number of nitrogens with zero attached hydrogens (tertiary/aromatic N) is 4. The predicted octanol–water partition coefficient (Wildman–Crippen LogP) is 30.5. The topological polar surface area (TPSA) is 39.2 Å². The zero-order valence-electron chi connectivity index (χ0n) is 56.9. The van der Waals surface area contributed by atoms with Crippen molar-refractivity contribution < 1.29 is 8.83 Å². The van der Waals surface area contributed by atoms with Crippen molar-refractivity contribution in [3.05, 3.63) is 364 Å². The van der Waals surface area contributed by atoms with Crippen molar-refractivity contribution in [1.29, 1.82) is 0 Å². The second-order valence-electron chi connectivity index (χ2n) is 26.7. The van der Waals surface area contributed by atoms with Crippen molar-refractivity contribution in [3.8, 4) is 0 Å². The fraction of sp³-hybridized carbons (Fsp3) is 0. The Morgan fingerprint density at radius 3 is 0.726 bits per heavy atom. The molecular formula is C96H60N4O2S4. The van der Waals surface area contributed by atoms with Crippen LogP contribution in [0.3, 0.4) is 0 Å². The van der Waals surface area contributed by atoms with Crippen LogP contribution in [0.5, 0.6) is 0 Å². The van der Waals surface area contributed by atoms with Crippen LogP contribution in [-0.4, -0.2) is 0 Å². The summed E-state index contributed by atoms with van der Waals surface area (Å²) >= 11 is 7.42. The maximum Gasteiger partial charge on any atom is 0.135 e. The molecular weight excluding hydrogens is 1370 g/mol. The first-order valence-electron chi connectivity index (χ1n) is 35.5. The van der Waals surface area contributed by atoms with Crippen molar-refractivity contribution in [3.63, 3.8) is 0 Å². The molecule has 0 amide bonds. The second kappa shape index (κ2) is 25.6. The largest absolute Gasteiger partial charge is 0.456 e. The Kier molecular flexibility index (Phi) is 14.9. The number of hydrogen-bond acceptors (Lipinski definition) is 10. The maximum absolute atomic E-state index is 6.18. The highest BCUT2D eigenvalue weighted by Crippen LogP contribution is 2.49. The predicted molar refractivity (Wildman–Crippen MR) is 458 cm³/mol. The van der Waals surface area contributed by atoms with Crippen LogP contribution in [0, 0.1) is 0 Å². The van der Waals surface area contributed by atoms with E-state index in [2.05, 4.69) is 359 Å². The monoisotopic (exact) mass is 1430 g/mol. The Bertz CT molecular complexity index is 7130. The Labute approximate surface area is 625 Å². The minimum atomic E-state index is 0.889. The van der Waals surface area contributed by atoms with E-state index in [1.54, 1.807) is 0 Å². The van der Waals surface area contributed by atoms with E-state index in [0.717, 1.165) is 112 Å². The van der Waals surface area contributed by atoms with Gasteiger partial charge in [0.2, 0.25) is 0 Å². The van der Waals surface area contributed by atoms with E-state index in [9.17, 15) is 0 Å². The molecule has 500 valence electrons. The fourth-order valence-corrected chi connectivity index (χ4v) is 20.0. The van der Waals surface area contributed by atoms with Gasteiger partial charge in [-0.1, -0.05) is 164 Å². The first-order valence-corrected chi connectivity index (χ1v) is 38.8. The lowest BCUT2D eigenvalue weighted by Gasteiger charge is -2.26. The van der Waals surface area contributed by atoms with Gasteiger partial charge >= 0.3 is 0 Å². The molecule has 0 aliphatic rings. The molecule has 22 aromatic rings. The van der Waals surface area contributed by atoms with E-state index in [0.29, 0.717) is 0 Å². The third kappa shape index (κ3) is 10.7. The maximum atomic E-state index is 6.18. The number of fused-ring (bicyclic) bond motifs is 18. The SMILES string of the molecule is c1ccc(N(c2ccc3c(c2)sc2ccc(N(c4ccccc4)c4ccc5oc6ccccc6c5c4)cc23)c2ccc3oc4ccccc4c3c2)cc1.c1ccc(N(c2ccc3c(c2)sc2ccccc23)c2ccc3c(c2)sc2ccc(N(c4ccccc4)c4ccc5sc6ccccc6c5c4)cc23)cc1. The van der Waals surface area contributed by atoms with Gasteiger partial charge in [-0.25, -0.2) is 0 Å². The van der Waals surface area contributed by atoms with Gasteiger partial charge in [0.05, 0.1) is 0 Å². The number of thiophene rings is 4. The summed E-state index contributed by atoms with van der Waals surface area (Å²) in [6.45, 7) is 0. The summed E-state index contributed by atoms with van der Waals surface area (Å²) in [6, 6.07) is 131. The van der Waals surface area contributed by atoms with Crippen molar-refractivity contribution >= 4 is 238 Å². The molecule has 0 saturated heterocycles. The number of hydrogen-bond donors (Lipinski definition) is 0. The fourth-order valence-electron chi connectivity index (χ4n) is 15.6. The van der Waals surface area contributed by atoms with Gasteiger partial charge in [-0.15, -0.1) is 45.3 Å². The molecule has 0 radical (unpaired) electrons. The highest BCUT2D eigenvalue weighted by atomic mass is 32.1. The van der Waals surface area contributed by atoms with E-state index >= 15 is 0 Å². The molecule has 0 spiro atoms. The average molecular weight is 1430 g/mol. The van der Waals surface area contributed by atoms with Crippen molar-refractivity contribution in [1.82, 2.24) is 0 Å². The first kappa shape index (κ1) is 61.8. The summed E-state index contributed by atoms with van der Waals surface area (Å²) in [5, 5.41) is 14.7. The standard InChI is InChI=1S/C48H30N2O2S.C48H30N2S3/c1-3-11-31(12-4-1)49(33-20-24-45-40(27-33)37-15-7-9-17-43(37)51-45)35-22-26-47-42(29-35)39-23-19-36(30-48(39)53-47)50(32-13-5-2-6-14-32)34-21-25-46-41(28-34)38-16-8-10-18-44(38)52-46;1-3-11-31(12-4-1)49(33-21-25-45-41(27-33)38-16-8-10-18-44(38)51-45)34-22-26-46-42(28-34)40-24-20-36(30-48(40)53-46)50(32-13-5-2-6-14-32)35-19-23-39-37-15-7-9-17-43(37)52-47(39)29-35/h2*1-30H. The van der Waals surface area contributed by atoms with E-state index in [1.165, 1.54) is 80.7 Å².